The Balaban J connectivity index is 1.48. The van der Waals surface area contributed by atoms with Crippen molar-refractivity contribution in [1.82, 2.24) is 9.97 Å². The summed E-state index contributed by atoms with van der Waals surface area (Å²) in [5.74, 6) is 0. The zero-order valence-corrected chi connectivity index (χ0v) is 24.1. The minimum Gasteiger partial charge on any atom is -0.310 e. The second-order valence-electron chi connectivity index (χ2n) is 11.1. The van der Waals surface area contributed by atoms with E-state index < -0.39 is 5.41 Å². The van der Waals surface area contributed by atoms with Crippen molar-refractivity contribution in [3.05, 3.63) is 199 Å². The molecule has 3 heterocycles. The van der Waals surface area contributed by atoms with Gasteiger partial charge in [0.1, 0.15) is 0 Å². The Morgan fingerprint density at radius 2 is 0.886 bits per heavy atom. The van der Waals surface area contributed by atoms with Crippen LogP contribution in [-0.4, -0.2) is 9.97 Å². The number of anilines is 3. The topological polar surface area (TPSA) is 29.0 Å². The van der Waals surface area contributed by atoms with Crippen molar-refractivity contribution >= 4 is 17.1 Å². The predicted octanol–water partition coefficient (Wildman–Crippen LogP) is 9.98. The van der Waals surface area contributed by atoms with Crippen molar-refractivity contribution in [1.29, 1.82) is 0 Å². The van der Waals surface area contributed by atoms with Crippen molar-refractivity contribution in [3.63, 3.8) is 0 Å². The zero-order valence-electron chi connectivity index (χ0n) is 24.1. The van der Waals surface area contributed by atoms with E-state index in [0.29, 0.717) is 0 Å². The monoisotopic (exact) mass is 563 g/mol. The summed E-state index contributed by atoms with van der Waals surface area (Å²) in [7, 11) is 0. The molecular weight excluding hydrogens is 534 g/mol. The van der Waals surface area contributed by atoms with Crippen molar-refractivity contribution < 1.29 is 0 Å². The predicted molar refractivity (Wildman–Crippen MR) is 179 cm³/mol. The summed E-state index contributed by atoms with van der Waals surface area (Å²) in [6.45, 7) is 0. The summed E-state index contributed by atoms with van der Waals surface area (Å²) >= 11 is 0. The zero-order chi connectivity index (χ0) is 29.3. The molecule has 0 radical (unpaired) electrons. The van der Waals surface area contributed by atoms with Gasteiger partial charge in [-0.3, -0.25) is 9.97 Å². The Kier molecular flexibility index (Phi) is 6.35. The smallest absolute Gasteiger partial charge is 0.0742 e. The highest BCUT2D eigenvalue weighted by atomic mass is 15.2. The Bertz CT molecular complexity index is 1940. The van der Waals surface area contributed by atoms with Crippen LogP contribution in [0.4, 0.5) is 17.1 Å². The van der Waals surface area contributed by atoms with Gasteiger partial charge < -0.3 is 4.90 Å². The normalized spacial score (nSPS) is 13.1. The van der Waals surface area contributed by atoms with Gasteiger partial charge in [-0.2, -0.15) is 0 Å². The molecule has 0 saturated heterocycles. The molecule has 1 aliphatic heterocycles. The van der Waals surface area contributed by atoms with E-state index >= 15 is 0 Å². The molecule has 0 bridgehead atoms. The summed E-state index contributed by atoms with van der Waals surface area (Å²) in [6, 6.07) is 54.6. The van der Waals surface area contributed by atoms with E-state index in [0.717, 1.165) is 39.3 Å². The van der Waals surface area contributed by atoms with Crippen LogP contribution in [0.3, 0.4) is 0 Å². The molecule has 8 rings (SSSR count). The SMILES string of the molecule is c1ccc(N2c3ccccc3C(c3cccc(-c4cccnc4)c3)(c3cccc(-c4cccnc4)c3)c3ccccc32)cc1. The number of fused-ring (bicyclic) bond motifs is 2. The van der Waals surface area contributed by atoms with Crippen LogP contribution >= 0.6 is 0 Å². The maximum Gasteiger partial charge on any atom is 0.0742 e. The summed E-state index contributed by atoms with van der Waals surface area (Å²) in [5, 5.41) is 0. The highest BCUT2D eigenvalue weighted by Crippen LogP contribution is 2.58. The maximum atomic E-state index is 4.43. The number of aromatic nitrogens is 2. The molecule has 0 N–H and O–H groups in total. The molecule has 2 aromatic heterocycles. The Hall–Kier alpha value is -5.80. The second-order valence-corrected chi connectivity index (χ2v) is 11.1. The van der Waals surface area contributed by atoms with Crippen LogP contribution in [0.5, 0.6) is 0 Å². The molecule has 0 fully saturated rings. The average molecular weight is 564 g/mol. The maximum absolute atomic E-state index is 4.43. The summed E-state index contributed by atoms with van der Waals surface area (Å²) in [5.41, 5.74) is 12.2. The van der Waals surface area contributed by atoms with Crippen LogP contribution in [0.1, 0.15) is 22.3 Å². The first-order valence-electron chi connectivity index (χ1n) is 14.9. The third kappa shape index (κ3) is 4.13. The molecule has 0 saturated carbocycles. The molecule has 208 valence electrons. The molecule has 0 unspecified atom stereocenters. The Morgan fingerprint density at radius 3 is 1.39 bits per heavy atom. The first kappa shape index (κ1) is 25.9. The third-order valence-corrected chi connectivity index (χ3v) is 8.69. The Morgan fingerprint density at radius 1 is 0.409 bits per heavy atom. The lowest BCUT2D eigenvalue weighted by molar-refractivity contribution is 0.732. The Labute approximate surface area is 257 Å². The fourth-order valence-electron chi connectivity index (χ4n) is 6.82. The molecule has 0 amide bonds. The molecule has 1 aliphatic rings. The van der Waals surface area contributed by atoms with Gasteiger partial charge in [-0.1, -0.05) is 103 Å². The molecule has 0 aliphatic carbocycles. The summed E-state index contributed by atoms with van der Waals surface area (Å²) < 4.78 is 0. The van der Waals surface area contributed by atoms with Crippen LogP contribution in [0.15, 0.2) is 176 Å². The lowest BCUT2D eigenvalue weighted by Crippen LogP contribution is -2.37. The van der Waals surface area contributed by atoms with Gasteiger partial charge in [0, 0.05) is 30.5 Å². The molecule has 44 heavy (non-hydrogen) atoms. The molecule has 7 aromatic rings. The number of hydrogen-bond acceptors (Lipinski definition) is 3. The average Bonchev–Trinajstić information content (AvgIpc) is 3.12. The number of hydrogen-bond donors (Lipinski definition) is 0. The van der Waals surface area contributed by atoms with E-state index in [1.54, 1.807) is 0 Å². The first-order chi connectivity index (χ1) is 21.8. The van der Waals surface area contributed by atoms with Crippen LogP contribution in [0.25, 0.3) is 22.3 Å². The number of nitrogens with zero attached hydrogens (tertiary/aromatic N) is 3. The number of pyridine rings is 2. The fourth-order valence-corrected chi connectivity index (χ4v) is 6.82. The molecule has 3 nitrogen and oxygen atoms in total. The van der Waals surface area contributed by atoms with Gasteiger partial charge in [-0.15, -0.1) is 0 Å². The summed E-state index contributed by atoms with van der Waals surface area (Å²) in [4.78, 5) is 11.3. The van der Waals surface area contributed by atoms with Gasteiger partial charge in [0.05, 0.1) is 16.8 Å². The third-order valence-electron chi connectivity index (χ3n) is 8.69. The van der Waals surface area contributed by atoms with E-state index in [4.69, 9.17) is 0 Å². The van der Waals surface area contributed by atoms with Crippen molar-refractivity contribution in [3.8, 4) is 22.3 Å². The van der Waals surface area contributed by atoms with Crippen molar-refractivity contribution in [2.24, 2.45) is 0 Å². The molecule has 0 atom stereocenters. The lowest BCUT2D eigenvalue weighted by atomic mass is 9.62. The second kappa shape index (κ2) is 10.8. The van der Waals surface area contributed by atoms with Crippen LogP contribution < -0.4 is 4.90 Å². The number of para-hydroxylation sites is 3. The quantitative estimate of drug-likeness (QED) is 0.209. The first-order valence-corrected chi connectivity index (χ1v) is 14.9. The van der Waals surface area contributed by atoms with E-state index in [1.807, 2.05) is 36.9 Å². The lowest BCUT2D eigenvalue weighted by Gasteiger charge is -2.46. The van der Waals surface area contributed by atoms with Gasteiger partial charge in [0.2, 0.25) is 0 Å². The highest BCUT2D eigenvalue weighted by molar-refractivity contribution is 5.90. The molecule has 5 aromatic carbocycles. The number of rotatable bonds is 5. The van der Waals surface area contributed by atoms with Crippen molar-refractivity contribution in [2.75, 3.05) is 4.90 Å². The standard InChI is InChI=1S/C41H29N3/c1-2-18-36(19-3-1)44-39-22-6-4-20-37(39)41(38-21-5-7-23-40(38)44,34-16-8-12-30(26-34)32-14-10-24-42-28-32)35-17-9-13-31(27-35)33-15-11-25-43-29-33/h1-29H. The van der Waals surface area contributed by atoms with Gasteiger partial charge in [-0.05, 0) is 93.0 Å². The van der Waals surface area contributed by atoms with E-state index in [-0.39, 0.29) is 0 Å². The number of benzene rings is 5. The van der Waals surface area contributed by atoms with Crippen LogP contribution in [0, 0.1) is 0 Å². The minimum atomic E-state index is -0.602. The van der Waals surface area contributed by atoms with E-state index in [2.05, 4.69) is 154 Å². The van der Waals surface area contributed by atoms with Crippen molar-refractivity contribution in [2.45, 2.75) is 5.41 Å². The molecule has 0 spiro atoms. The molecular formula is C41H29N3. The van der Waals surface area contributed by atoms with Gasteiger partial charge >= 0.3 is 0 Å². The fraction of sp³-hybridized carbons (Fsp3) is 0.0244. The molecule has 3 heteroatoms. The minimum absolute atomic E-state index is 0.602. The summed E-state index contributed by atoms with van der Waals surface area (Å²) in [6.07, 6.45) is 7.53. The van der Waals surface area contributed by atoms with E-state index in [9.17, 15) is 0 Å². The van der Waals surface area contributed by atoms with Crippen LogP contribution in [-0.2, 0) is 5.41 Å². The van der Waals surface area contributed by atoms with Gasteiger partial charge in [-0.25, -0.2) is 0 Å². The highest BCUT2D eigenvalue weighted by Gasteiger charge is 2.46. The van der Waals surface area contributed by atoms with Gasteiger partial charge in [0.15, 0.2) is 0 Å². The van der Waals surface area contributed by atoms with E-state index in [1.165, 1.54) is 22.3 Å². The van der Waals surface area contributed by atoms with Crippen LogP contribution in [0.2, 0.25) is 0 Å². The van der Waals surface area contributed by atoms with Gasteiger partial charge in [0.25, 0.3) is 0 Å². The largest absolute Gasteiger partial charge is 0.310 e.